The van der Waals surface area contributed by atoms with Gasteiger partial charge in [0.05, 0.1) is 6.10 Å². The first kappa shape index (κ1) is 15.7. The van der Waals surface area contributed by atoms with Crippen molar-refractivity contribution in [3.8, 4) is 0 Å². The summed E-state index contributed by atoms with van der Waals surface area (Å²) >= 11 is 0. The largest absolute Gasteiger partial charge is 0.388 e. The molecule has 1 atom stereocenters. The molecule has 0 fully saturated rings. The second-order valence-corrected chi connectivity index (χ2v) is 8.40. The summed E-state index contributed by atoms with van der Waals surface area (Å²) in [5.41, 5.74) is 0.791. The predicted molar refractivity (Wildman–Crippen MR) is 96.0 cm³/mol. The van der Waals surface area contributed by atoms with Gasteiger partial charge >= 0.3 is 0 Å². The van der Waals surface area contributed by atoms with Crippen LogP contribution in [0, 0.1) is 0 Å². The van der Waals surface area contributed by atoms with Crippen LogP contribution in [0.1, 0.15) is 11.7 Å². The maximum Gasteiger partial charge on any atom is 0.146 e. The van der Waals surface area contributed by atoms with Crippen molar-refractivity contribution in [1.29, 1.82) is 0 Å². The molecule has 3 rings (SSSR count). The first-order chi connectivity index (χ1) is 11.2. The van der Waals surface area contributed by atoms with Gasteiger partial charge in [-0.3, -0.25) is 0 Å². The van der Waals surface area contributed by atoms with E-state index in [9.17, 15) is 9.67 Å². The van der Waals surface area contributed by atoms with Crippen molar-refractivity contribution < 1.29 is 9.67 Å². The van der Waals surface area contributed by atoms with E-state index >= 15 is 0 Å². The monoisotopic (exact) mass is 322 g/mol. The maximum atomic E-state index is 13.8. The van der Waals surface area contributed by atoms with Crippen molar-refractivity contribution in [2.75, 3.05) is 6.16 Å². The molecule has 0 amide bonds. The number of rotatable bonds is 5. The van der Waals surface area contributed by atoms with Crippen LogP contribution < -0.4 is 10.6 Å². The second-order valence-electron chi connectivity index (χ2n) is 5.52. The van der Waals surface area contributed by atoms with Crippen LogP contribution in [0.5, 0.6) is 0 Å². The summed E-state index contributed by atoms with van der Waals surface area (Å²) in [4.78, 5) is 0. The van der Waals surface area contributed by atoms with Gasteiger partial charge in [0.15, 0.2) is 0 Å². The van der Waals surface area contributed by atoms with Crippen LogP contribution in [0.4, 0.5) is 0 Å². The van der Waals surface area contributed by atoms with Crippen molar-refractivity contribution >= 4 is 17.8 Å². The lowest BCUT2D eigenvalue weighted by Crippen LogP contribution is -2.21. The minimum absolute atomic E-state index is 0.199. The highest BCUT2D eigenvalue weighted by atomic mass is 31.2. The average molecular weight is 322 g/mol. The molecule has 0 aliphatic rings. The van der Waals surface area contributed by atoms with E-state index in [2.05, 4.69) is 0 Å². The molecule has 0 saturated carbocycles. The van der Waals surface area contributed by atoms with Crippen LogP contribution >= 0.6 is 7.14 Å². The first-order valence-electron chi connectivity index (χ1n) is 7.63. The van der Waals surface area contributed by atoms with Crippen molar-refractivity contribution in [3.63, 3.8) is 0 Å². The molecule has 116 valence electrons. The van der Waals surface area contributed by atoms with E-state index in [1.54, 1.807) is 0 Å². The molecule has 0 saturated heterocycles. The molecule has 0 aliphatic carbocycles. The Kier molecular flexibility index (Phi) is 4.76. The third-order valence-corrected chi connectivity index (χ3v) is 7.09. The Morgan fingerprint density at radius 2 is 1.09 bits per heavy atom. The SMILES string of the molecule is O=P(C[C@H](O)c1ccccc1)(c1ccccc1)c1ccccc1. The molecule has 2 nitrogen and oxygen atoms in total. The highest BCUT2D eigenvalue weighted by molar-refractivity contribution is 7.78. The molecule has 23 heavy (non-hydrogen) atoms. The zero-order valence-corrected chi connectivity index (χ0v) is 13.6. The number of aliphatic hydroxyl groups excluding tert-OH is 1. The molecular formula is C20H19O2P. The van der Waals surface area contributed by atoms with Gasteiger partial charge in [-0.15, -0.1) is 0 Å². The Hall–Kier alpha value is -2.15. The molecule has 1 N–H and O–H groups in total. The smallest absolute Gasteiger partial charge is 0.146 e. The summed E-state index contributed by atoms with van der Waals surface area (Å²) in [6.45, 7) is 0. The van der Waals surface area contributed by atoms with Crippen LogP contribution in [0.2, 0.25) is 0 Å². The van der Waals surface area contributed by atoms with Gasteiger partial charge in [0.2, 0.25) is 0 Å². The van der Waals surface area contributed by atoms with Crippen LogP contribution in [0.25, 0.3) is 0 Å². The molecule has 3 heteroatoms. The quantitative estimate of drug-likeness (QED) is 0.727. The highest BCUT2D eigenvalue weighted by Crippen LogP contribution is 2.46. The van der Waals surface area contributed by atoms with E-state index in [0.29, 0.717) is 0 Å². The highest BCUT2D eigenvalue weighted by Gasteiger charge is 2.30. The summed E-state index contributed by atoms with van der Waals surface area (Å²) < 4.78 is 13.8. The molecule has 3 aromatic carbocycles. The summed E-state index contributed by atoms with van der Waals surface area (Å²) in [6.07, 6.45) is -0.562. The average Bonchev–Trinajstić information content (AvgIpc) is 2.64. The molecule has 0 heterocycles. The molecular weight excluding hydrogens is 303 g/mol. The molecule has 0 unspecified atom stereocenters. The van der Waals surface area contributed by atoms with Gasteiger partial charge in [-0.2, -0.15) is 0 Å². The van der Waals surface area contributed by atoms with Gasteiger partial charge in [-0.25, -0.2) is 0 Å². The lowest BCUT2D eigenvalue weighted by Gasteiger charge is -2.22. The lowest BCUT2D eigenvalue weighted by atomic mass is 10.1. The molecule has 0 bridgehead atoms. The van der Waals surface area contributed by atoms with Crippen molar-refractivity contribution in [3.05, 3.63) is 96.6 Å². The Morgan fingerprint density at radius 1 is 0.696 bits per heavy atom. The predicted octanol–water partition coefficient (Wildman–Crippen LogP) is 3.73. The Balaban J connectivity index is 2.02. The lowest BCUT2D eigenvalue weighted by molar-refractivity contribution is 0.202. The molecule has 0 aromatic heterocycles. The van der Waals surface area contributed by atoms with Crippen LogP contribution in [-0.4, -0.2) is 11.3 Å². The van der Waals surface area contributed by atoms with Crippen molar-refractivity contribution in [2.45, 2.75) is 6.10 Å². The standard InChI is InChI=1S/C20H19O2P/c21-20(17-10-4-1-5-11-17)16-23(22,18-12-6-2-7-13-18)19-14-8-3-9-15-19/h1-15,20-21H,16H2/t20-/m0/s1. The van der Waals surface area contributed by atoms with Gasteiger partial charge < -0.3 is 9.67 Å². The summed E-state index contributed by atoms with van der Waals surface area (Å²) in [6, 6.07) is 28.3. The van der Waals surface area contributed by atoms with E-state index in [0.717, 1.165) is 16.2 Å². The fourth-order valence-corrected chi connectivity index (χ4v) is 5.45. The summed E-state index contributed by atoms with van der Waals surface area (Å²) in [5, 5.41) is 12.2. The Bertz CT molecular complexity index is 742. The van der Waals surface area contributed by atoms with Crippen LogP contribution in [0.3, 0.4) is 0 Å². The van der Waals surface area contributed by atoms with E-state index in [1.807, 2.05) is 91.0 Å². The molecule has 3 aromatic rings. The summed E-state index contributed by atoms with van der Waals surface area (Å²) in [5.74, 6) is 0. The summed E-state index contributed by atoms with van der Waals surface area (Å²) in [7, 11) is -2.90. The van der Waals surface area contributed by atoms with E-state index in [-0.39, 0.29) is 6.16 Å². The topological polar surface area (TPSA) is 37.3 Å². The molecule has 0 aliphatic heterocycles. The first-order valence-corrected chi connectivity index (χ1v) is 9.53. The number of aliphatic hydroxyl groups is 1. The van der Waals surface area contributed by atoms with Crippen LogP contribution in [-0.2, 0) is 4.57 Å². The van der Waals surface area contributed by atoms with Gasteiger partial charge in [0, 0.05) is 16.8 Å². The van der Waals surface area contributed by atoms with Crippen LogP contribution in [0.15, 0.2) is 91.0 Å². The van der Waals surface area contributed by atoms with Crippen molar-refractivity contribution in [2.24, 2.45) is 0 Å². The molecule has 0 radical (unpaired) electrons. The minimum Gasteiger partial charge on any atom is -0.388 e. The fraction of sp³-hybridized carbons (Fsp3) is 0.100. The second kappa shape index (κ2) is 6.95. The Labute approximate surface area is 136 Å². The minimum atomic E-state index is -2.90. The van der Waals surface area contributed by atoms with Gasteiger partial charge in [0.1, 0.15) is 7.14 Å². The number of benzene rings is 3. The fourth-order valence-electron chi connectivity index (χ4n) is 2.72. The van der Waals surface area contributed by atoms with Gasteiger partial charge in [0.25, 0.3) is 0 Å². The zero-order chi connectivity index (χ0) is 16.1. The molecule has 0 spiro atoms. The van der Waals surface area contributed by atoms with E-state index in [1.165, 1.54) is 0 Å². The number of hydrogen-bond acceptors (Lipinski definition) is 2. The third kappa shape index (κ3) is 3.44. The van der Waals surface area contributed by atoms with Crippen molar-refractivity contribution in [1.82, 2.24) is 0 Å². The Morgan fingerprint density at radius 3 is 1.52 bits per heavy atom. The van der Waals surface area contributed by atoms with E-state index < -0.39 is 13.2 Å². The third-order valence-electron chi connectivity index (χ3n) is 3.96. The van der Waals surface area contributed by atoms with Gasteiger partial charge in [-0.05, 0) is 5.56 Å². The maximum absolute atomic E-state index is 13.8. The number of hydrogen-bond donors (Lipinski definition) is 1. The van der Waals surface area contributed by atoms with Gasteiger partial charge in [-0.1, -0.05) is 91.0 Å². The zero-order valence-electron chi connectivity index (χ0n) is 12.7. The van der Waals surface area contributed by atoms with E-state index in [4.69, 9.17) is 0 Å². The normalized spacial score (nSPS) is 12.7.